The first-order valence-electron chi connectivity index (χ1n) is 6.49. The number of hydroxylamine groups is 2. The third-order valence-electron chi connectivity index (χ3n) is 4.56. The largest absolute Gasteiger partial charge is 0.384 e. The van der Waals surface area contributed by atoms with E-state index in [2.05, 4.69) is 0 Å². The number of nitrogens with two attached hydrogens (primary N) is 1. The molecular weight excluding hydrogens is 260 g/mol. The van der Waals surface area contributed by atoms with Crippen molar-refractivity contribution in [3.63, 3.8) is 0 Å². The zero-order valence-electron chi connectivity index (χ0n) is 11.1. The number of amides is 2. The summed E-state index contributed by atoms with van der Waals surface area (Å²) in [5, 5.41) is 20.0. The van der Waals surface area contributed by atoms with Gasteiger partial charge in [0.15, 0.2) is 5.78 Å². The smallest absolute Gasteiger partial charge is 0.338 e. The van der Waals surface area contributed by atoms with E-state index in [0.717, 1.165) is 24.0 Å². The maximum absolute atomic E-state index is 12.2. The Morgan fingerprint density at radius 3 is 2.70 bits per heavy atom. The molecule has 1 fully saturated rings. The van der Waals surface area contributed by atoms with Crippen molar-refractivity contribution in [1.82, 2.24) is 5.06 Å². The molecule has 3 aliphatic rings. The highest BCUT2D eigenvalue weighted by Crippen LogP contribution is 2.60. The van der Waals surface area contributed by atoms with Gasteiger partial charge >= 0.3 is 6.03 Å². The van der Waals surface area contributed by atoms with Crippen molar-refractivity contribution in [3.05, 3.63) is 34.4 Å². The number of aliphatic hydroxyl groups excluding tert-OH is 1. The molecule has 106 valence electrons. The van der Waals surface area contributed by atoms with Gasteiger partial charge < -0.3 is 10.8 Å². The van der Waals surface area contributed by atoms with Crippen LogP contribution in [0, 0.1) is 5.41 Å². The summed E-state index contributed by atoms with van der Waals surface area (Å²) in [5.41, 5.74) is 7.39. The van der Waals surface area contributed by atoms with Gasteiger partial charge in [0.25, 0.3) is 0 Å². The summed E-state index contributed by atoms with van der Waals surface area (Å²) in [7, 11) is 0. The molecule has 1 saturated carbocycles. The molecule has 0 heterocycles. The van der Waals surface area contributed by atoms with Crippen LogP contribution in [0.15, 0.2) is 34.4 Å². The molecular formula is C14H16N2O4. The summed E-state index contributed by atoms with van der Waals surface area (Å²) in [5.74, 6) is -0.280. The highest BCUT2D eigenvalue weighted by Gasteiger charge is 2.57. The standard InChI is InChI=1S/C14H16N2O4/c1-7-10-8(6-16(20)13(15)19)2-3-9(10)11(17)12(18)14(7)4-5-14/h2-3,12,18,20H,4-6H2,1H3,(H2,15,19)/t12-/m1/s1. The van der Waals surface area contributed by atoms with Crippen LogP contribution < -0.4 is 5.73 Å². The minimum absolute atomic E-state index is 0.0680. The molecule has 0 saturated heterocycles. The summed E-state index contributed by atoms with van der Waals surface area (Å²) >= 11 is 0. The van der Waals surface area contributed by atoms with Crippen LogP contribution in [0.4, 0.5) is 4.79 Å². The molecule has 1 atom stereocenters. The second-order valence-electron chi connectivity index (χ2n) is 5.59. The summed E-state index contributed by atoms with van der Waals surface area (Å²) in [6, 6.07) is -0.944. The fraction of sp³-hybridized carbons (Fsp3) is 0.429. The molecule has 0 aromatic carbocycles. The van der Waals surface area contributed by atoms with Crippen molar-refractivity contribution in [2.45, 2.75) is 25.9 Å². The first-order chi connectivity index (χ1) is 9.38. The van der Waals surface area contributed by atoms with Gasteiger partial charge in [-0.3, -0.25) is 10.0 Å². The number of fused-ring (bicyclic) bond motifs is 1. The number of urea groups is 1. The first kappa shape index (κ1) is 13.1. The first-order valence-corrected chi connectivity index (χ1v) is 6.49. The van der Waals surface area contributed by atoms with E-state index >= 15 is 0 Å². The van der Waals surface area contributed by atoms with E-state index in [1.807, 2.05) is 6.92 Å². The fourth-order valence-corrected chi connectivity index (χ4v) is 3.18. The van der Waals surface area contributed by atoms with E-state index in [-0.39, 0.29) is 12.3 Å². The van der Waals surface area contributed by atoms with Crippen molar-refractivity contribution in [2.75, 3.05) is 6.54 Å². The van der Waals surface area contributed by atoms with Crippen molar-refractivity contribution in [2.24, 2.45) is 11.1 Å². The molecule has 6 heteroatoms. The minimum atomic E-state index is -0.980. The van der Waals surface area contributed by atoms with Crippen LogP contribution in [0.2, 0.25) is 0 Å². The summed E-state index contributed by atoms with van der Waals surface area (Å²) in [4.78, 5) is 23.1. The van der Waals surface area contributed by atoms with Gasteiger partial charge in [-0.25, -0.2) is 9.86 Å². The van der Waals surface area contributed by atoms with E-state index < -0.39 is 17.6 Å². The number of allylic oxidation sites excluding steroid dienone is 2. The highest BCUT2D eigenvalue weighted by molar-refractivity contribution is 6.08. The molecule has 0 aromatic rings. The maximum Gasteiger partial charge on any atom is 0.338 e. The lowest BCUT2D eigenvalue weighted by Crippen LogP contribution is -2.39. The summed E-state index contributed by atoms with van der Waals surface area (Å²) in [6.45, 7) is 1.83. The average molecular weight is 276 g/mol. The Bertz CT molecular complexity index is 611. The Hall–Kier alpha value is -1.92. The number of Topliss-reactive ketones (excluding diaryl/α,β-unsaturated/α-hetero) is 1. The third-order valence-corrected chi connectivity index (χ3v) is 4.56. The minimum Gasteiger partial charge on any atom is -0.384 e. The molecule has 3 rings (SSSR count). The van der Waals surface area contributed by atoms with Gasteiger partial charge in [0, 0.05) is 11.0 Å². The Morgan fingerprint density at radius 2 is 2.15 bits per heavy atom. The van der Waals surface area contributed by atoms with Gasteiger partial charge in [0.2, 0.25) is 0 Å². The van der Waals surface area contributed by atoms with Crippen molar-refractivity contribution >= 4 is 11.8 Å². The van der Waals surface area contributed by atoms with Crippen molar-refractivity contribution in [3.8, 4) is 0 Å². The molecule has 1 spiro atoms. The van der Waals surface area contributed by atoms with Crippen LogP contribution in [-0.2, 0) is 4.79 Å². The van der Waals surface area contributed by atoms with E-state index in [1.54, 1.807) is 12.2 Å². The lowest BCUT2D eigenvalue weighted by molar-refractivity contribution is -0.126. The molecule has 4 N–H and O–H groups in total. The van der Waals surface area contributed by atoms with Crippen LogP contribution in [0.1, 0.15) is 19.8 Å². The Labute approximate surface area is 115 Å². The van der Waals surface area contributed by atoms with Crippen molar-refractivity contribution in [1.29, 1.82) is 0 Å². The van der Waals surface area contributed by atoms with E-state index in [0.29, 0.717) is 16.2 Å². The van der Waals surface area contributed by atoms with Crippen molar-refractivity contribution < 1.29 is 19.9 Å². The number of ketones is 1. The number of hydrogen-bond acceptors (Lipinski definition) is 4. The Kier molecular flexibility index (Phi) is 2.64. The van der Waals surface area contributed by atoms with Crippen LogP contribution in [0.25, 0.3) is 0 Å². The van der Waals surface area contributed by atoms with Gasteiger partial charge in [-0.05, 0) is 30.9 Å². The number of carbonyl (C=O) groups is 2. The number of primary amides is 1. The number of hydrogen-bond donors (Lipinski definition) is 3. The quantitative estimate of drug-likeness (QED) is 0.509. The SMILES string of the molecule is CC1=C2C(CN(O)C(N)=O)=CC=C2C(=O)[C@@H](O)C12CC2. The van der Waals surface area contributed by atoms with Crippen LogP contribution in [0.5, 0.6) is 0 Å². The topological polar surface area (TPSA) is 104 Å². The molecule has 0 unspecified atom stereocenters. The van der Waals surface area contributed by atoms with E-state index in [4.69, 9.17) is 5.73 Å². The summed E-state index contributed by atoms with van der Waals surface area (Å²) in [6.07, 6.45) is 3.91. The van der Waals surface area contributed by atoms with E-state index in [1.165, 1.54) is 0 Å². The fourth-order valence-electron chi connectivity index (χ4n) is 3.18. The van der Waals surface area contributed by atoms with Crippen LogP contribution in [-0.4, -0.2) is 39.8 Å². The molecule has 0 aromatic heterocycles. The monoisotopic (exact) mass is 276 g/mol. The predicted molar refractivity (Wildman–Crippen MR) is 69.6 cm³/mol. The molecule has 2 amide bonds. The molecule has 3 aliphatic carbocycles. The Balaban J connectivity index is 1.98. The van der Waals surface area contributed by atoms with E-state index in [9.17, 15) is 19.9 Å². The van der Waals surface area contributed by atoms with Gasteiger partial charge in [-0.1, -0.05) is 17.7 Å². The zero-order valence-corrected chi connectivity index (χ0v) is 11.1. The lowest BCUT2D eigenvalue weighted by Gasteiger charge is -2.31. The average Bonchev–Trinajstić information content (AvgIpc) is 3.10. The lowest BCUT2D eigenvalue weighted by atomic mass is 9.74. The number of nitrogens with zero attached hydrogens (tertiary/aromatic N) is 1. The zero-order chi connectivity index (χ0) is 14.7. The second-order valence-corrected chi connectivity index (χ2v) is 5.59. The molecule has 0 bridgehead atoms. The van der Waals surface area contributed by atoms with Gasteiger partial charge in [0.1, 0.15) is 6.10 Å². The third kappa shape index (κ3) is 1.58. The Morgan fingerprint density at radius 1 is 1.50 bits per heavy atom. The normalized spacial score (nSPS) is 26.4. The van der Waals surface area contributed by atoms with Crippen LogP contribution in [0.3, 0.4) is 0 Å². The van der Waals surface area contributed by atoms with Crippen LogP contribution >= 0.6 is 0 Å². The molecule has 20 heavy (non-hydrogen) atoms. The molecule has 6 nitrogen and oxygen atoms in total. The highest BCUT2D eigenvalue weighted by atomic mass is 16.5. The van der Waals surface area contributed by atoms with Gasteiger partial charge in [-0.15, -0.1) is 0 Å². The van der Waals surface area contributed by atoms with Gasteiger partial charge in [0.05, 0.1) is 6.54 Å². The number of carbonyl (C=O) groups excluding carboxylic acids is 2. The van der Waals surface area contributed by atoms with Gasteiger partial charge in [-0.2, -0.15) is 0 Å². The summed E-state index contributed by atoms with van der Waals surface area (Å²) < 4.78 is 0. The second kappa shape index (κ2) is 4.04. The predicted octanol–water partition coefficient (Wildman–Crippen LogP) is 0.663. The molecule has 0 aliphatic heterocycles. The molecule has 0 radical (unpaired) electrons. The maximum atomic E-state index is 12.2. The number of aliphatic hydroxyl groups is 1. The number of rotatable bonds is 2.